The van der Waals surface area contributed by atoms with Gasteiger partial charge >= 0.3 is 0 Å². The van der Waals surface area contributed by atoms with Gasteiger partial charge in [0, 0.05) is 4.94 Å². The molecule has 0 fully saturated rings. The molecule has 21 N–H and O–H groups in total. The molecule has 0 saturated heterocycles. The zero-order valence-electron chi connectivity index (χ0n) is 9.29. The minimum atomic E-state index is -1.83. The Bertz CT molecular complexity index is 254. The minimum absolute atomic E-state index is 1.50. The third-order valence-corrected chi connectivity index (χ3v) is 0.873. The maximum absolute atomic E-state index is 5.22. The molecule has 0 aromatic carbocycles. The van der Waals surface area contributed by atoms with Crippen LogP contribution < -0.4 is 64.0 Å². The Morgan fingerprint density at radius 1 is 0.611 bits per heavy atom. The van der Waals surface area contributed by atoms with E-state index in [0.717, 1.165) is 0 Å². The molecule has 0 aromatic heterocycles. The van der Waals surface area contributed by atoms with Crippen LogP contribution in [0.3, 0.4) is 0 Å². The second kappa shape index (κ2) is 5.11. The number of rotatable bonds is 7. The van der Waals surface area contributed by atoms with Gasteiger partial charge in [0.25, 0.3) is 0 Å². The van der Waals surface area contributed by atoms with Crippen LogP contribution in [0.4, 0.5) is 0 Å². The molecular formula is H21N15O3+4. The molecule has 0 aliphatic carbocycles. The van der Waals surface area contributed by atoms with E-state index in [1.165, 1.54) is 0 Å². The van der Waals surface area contributed by atoms with Gasteiger partial charge in [-0.3, -0.25) is 0 Å². The predicted molar refractivity (Wildman–Crippen MR) is 49.3 cm³/mol. The Hall–Kier alpha value is -0.720. The van der Waals surface area contributed by atoms with Crippen LogP contribution in [-0.4, -0.2) is 19.9 Å². The van der Waals surface area contributed by atoms with Gasteiger partial charge in [-0.2, -0.15) is 0 Å². The maximum atomic E-state index is 5.22. The van der Waals surface area contributed by atoms with Crippen LogP contribution in [0.1, 0.15) is 0 Å². The molecule has 18 heavy (non-hydrogen) atoms. The fourth-order valence-electron chi connectivity index (χ4n) is 0.598. The number of nitrogens with two attached hydrogens (primary N) is 10. The first kappa shape index (κ1) is 17.3. The molecule has 0 spiro atoms. The van der Waals surface area contributed by atoms with E-state index < -0.39 is 19.9 Å². The van der Waals surface area contributed by atoms with E-state index in [2.05, 4.69) is 14.8 Å². The van der Waals surface area contributed by atoms with Gasteiger partial charge in [-0.05, 0) is 0 Å². The van der Waals surface area contributed by atoms with Crippen molar-refractivity contribution in [1.82, 2.24) is 5.59 Å². The van der Waals surface area contributed by atoms with Crippen molar-refractivity contribution in [3.63, 3.8) is 0 Å². The zero-order chi connectivity index (χ0) is 14.8. The van der Waals surface area contributed by atoms with Crippen LogP contribution in [0, 0.1) is 0 Å². The summed E-state index contributed by atoms with van der Waals surface area (Å²) in [5.41, 5.74) is 1.72. The van der Waals surface area contributed by atoms with Crippen LogP contribution in [0.2, 0.25) is 0 Å². The second-order valence-corrected chi connectivity index (χ2v) is 3.23. The standard InChI is InChI=1S/H21N15O3/c1-12(2,3)16-11-14(7,8)18-15(9,10)17-13(4,5)6/h11H,1-10H2/q+4. The summed E-state index contributed by atoms with van der Waals surface area (Å²) < 4.78 is 0. The van der Waals surface area contributed by atoms with Gasteiger partial charge in [-0.1, -0.05) is 23.4 Å². The number of quaternary nitrogens is 4. The Labute approximate surface area is 99.9 Å². The van der Waals surface area contributed by atoms with Gasteiger partial charge in [-0.25, -0.2) is 0 Å². The summed E-state index contributed by atoms with van der Waals surface area (Å²) in [6, 6.07) is 0. The molecule has 0 radical (unpaired) electrons. The molecule has 0 unspecified atom stereocenters. The number of hydrogen-bond donors (Lipinski definition) is 11. The number of nitrogens with zero attached hydrogens (tertiary/aromatic N) is 4. The molecule has 0 rings (SSSR count). The van der Waals surface area contributed by atoms with E-state index in [1.54, 1.807) is 5.59 Å². The van der Waals surface area contributed by atoms with E-state index in [4.69, 9.17) is 58.4 Å². The van der Waals surface area contributed by atoms with Gasteiger partial charge < -0.3 is 0 Å². The Kier molecular flexibility index (Phi) is 4.90. The highest BCUT2D eigenvalue weighted by Crippen LogP contribution is 1.98. The summed E-state index contributed by atoms with van der Waals surface area (Å²) >= 11 is 0. The van der Waals surface area contributed by atoms with Gasteiger partial charge in [-0.15, -0.1) is 35.1 Å². The summed E-state index contributed by atoms with van der Waals surface area (Å²) in [5.74, 6) is 50.7. The quantitative estimate of drug-likeness (QED) is 0.117. The van der Waals surface area contributed by atoms with E-state index in [-0.39, 0.29) is 0 Å². The zero-order valence-corrected chi connectivity index (χ0v) is 9.29. The molecule has 0 aromatic rings. The van der Waals surface area contributed by atoms with Crippen molar-refractivity contribution in [3.8, 4) is 0 Å². The van der Waals surface area contributed by atoms with Crippen molar-refractivity contribution >= 4 is 0 Å². The lowest BCUT2D eigenvalue weighted by Gasteiger charge is -2.26. The smallest absolute Gasteiger partial charge is 0.106 e. The molecule has 18 nitrogen and oxygen atoms in total. The van der Waals surface area contributed by atoms with Gasteiger partial charge in [0.2, 0.25) is 5.03 Å². The first-order valence-electron chi connectivity index (χ1n) is 3.92. The van der Waals surface area contributed by atoms with E-state index in [9.17, 15) is 0 Å². The fourth-order valence-corrected chi connectivity index (χ4v) is 0.598. The molecule has 0 heterocycles. The van der Waals surface area contributed by atoms with Crippen LogP contribution in [0.15, 0.2) is 0 Å². The lowest BCUT2D eigenvalue weighted by Crippen LogP contribution is -2.83. The van der Waals surface area contributed by atoms with Crippen LogP contribution in [-0.2, 0) is 14.8 Å². The van der Waals surface area contributed by atoms with Crippen molar-refractivity contribution in [1.29, 1.82) is 0 Å². The lowest BCUT2D eigenvalue weighted by molar-refractivity contribution is -1.53. The topological polar surface area (TPSA) is 300 Å². The van der Waals surface area contributed by atoms with Crippen molar-refractivity contribution in [3.05, 3.63) is 0 Å². The van der Waals surface area contributed by atoms with Crippen molar-refractivity contribution in [2.24, 2.45) is 58.4 Å². The van der Waals surface area contributed by atoms with Crippen LogP contribution in [0.5, 0.6) is 0 Å². The normalized spacial score (nSPS) is 15.0. The Morgan fingerprint density at radius 3 is 1.39 bits per heavy atom. The fraction of sp³-hybridized carbons (Fsp3) is 0. The molecule has 0 atom stereocenters. The summed E-state index contributed by atoms with van der Waals surface area (Å²) in [5, 5.41) is -1.83. The average Bonchev–Trinajstić information content (AvgIpc) is 1.91. The molecular weight excluding hydrogens is 258 g/mol. The molecule has 0 amide bonds. The molecule has 0 bridgehead atoms. The van der Waals surface area contributed by atoms with Crippen molar-refractivity contribution < 1.29 is 34.8 Å². The number of nitrogens with one attached hydrogen (secondary N) is 1. The lowest BCUT2D eigenvalue weighted by atomic mass is 12.0. The third kappa shape index (κ3) is 9.32. The highest BCUT2D eigenvalue weighted by atomic mass is 17.2. The van der Waals surface area contributed by atoms with Gasteiger partial charge in [0.05, 0.1) is 15.5 Å². The number of hydrogen-bond acceptors (Lipinski definition) is 14. The van der Waals surface area contributed by atoms with E-state index in [0.29, 0.717) is 0 Å². The molecule has 18 heteroatoms. The largest absolute Gasteiger partial charge is 0.223 e. The molecule has 110 valence electrons. The van der Waals surface area contributed by atoms with E-state index >= 15 is 0 Å². The highest BCUT2D eigenvalue weighted by Gasteiger charge is 2.47. The Balaban J connectivity index is 4.47. The minimum Gasteiger partial charge on any atom is -0.106 e. The van der Waals surface area contributed by atoms with Gasteiger partial charge in [0.15, 0.2) is 0 Å². The monoisotopic (exact) mass is 279 g/mol. The van der Waals surface area contributed by atoms with Crippen LogP contribution >= 0.6 is 0 Å². The summed E-state index contributed by atoms with van der Waals surface area (Å²) in [7, 11) is 0. The second-order valence-electron chi connectivity index (χ2n) is 3.23. The molecule has 0 aliphatic rings. The maximum Gasteiger partial charge on any atom is 0.223 e. The van der Waals surface area contributed by atoms with Crippen LogP contribution in [0.25, 0.3) is 0 Å². The first-order valence-corrected chi connectivity index (χ1v) is 3.92. The van der Waals surface area contributed by atoms with Crippen molar-refractivity contribution in [2.75, 3.05) is 0 Å². The average molecular weight is 279 g/mol. The summed E-state index contributed by atoms with van der Waals surface area (Å²) in [6.07, 6.45) is 0. The van der Waals surface area contributed by atoms with Crippen molar-refractivity contribution in [2.45, 2.75) is 0 Å². The van der Waals surface area contributed by atoms with E-state index in [1.807, 2.05) is 0 Å². The predicted octanol–water partition coefficient (Wildman–Crippen LogP) is -7.97. The summed E-state index contributed by atoms with van der Waals surface area (Å²) in [6.45, 7) is 0. The third-order valence-electron chi connectivity index (χ3n) is 0.873. The Morgan fingerprint density at radius 2 is 1.06 bits per heavy atom. The first-order chi connectivity index (χ1) is 7.62. The SMILES string of the molecule is N[N+](N)(N)ON[N+](N)(N)O[N+](N)(N)O[N+](N)(N)N. The molecule has 0 aliphatic heterocycles. The molecule has 0 saturated carbocycles. The highest BCUT2D eigenvalue weighted by molar-refractivity contribution is 3.61. The summed E-state index contributed by atoms with van der Waals surface area (Å²) in [4.78, 5) is 8.39. The van der Waals surface area contributed by atoms with Gasteiger partial charge in [0.1, 0.15) is 14.8 Å².